The Morgan fingerprint density at radius 2 is 1.65 bits per heavy atom. The Hall–Kier alpha value is -0.780. The Kier molecular flexibility index (Phi) is 7.79. The van der Waals surface area contributed by atoms with Crippen LogP contribution < -0.4 is 0 Å². The maximum atomic E-state index is 3.44. The molecule has 0 saturated carbocycles. The number of hydrogen-bond donors (Lipinski definition) is 0. The van der Waals surface area contributed by atoms with Crippen molar-refractivity contribution >= 4 is 0 Å². The zero-order valence-electron chi connectivity index (χ0n) is 11.6. The average molecular weight is 231 g/mol. The summed E-state index contributed by atoms with van der Waals surface area (Å²) in [6, 6.07) is 9.92. The lowest BCUT2D eigenvalue weighted by Gasteiger charge is -2.08. The van der Waals surface area contributed by atoms with Gasteiger partial charge in [-0.05, 0) is 42.9 Å². The van der Waals surface area contributed by atoms with Crippen molar-refractivity contribution in [2.24, 2.45) is 0 Å². The van der Waals surface area contributed by atoms with Gasteiger partial charge >= 0.3 is 0 Å². The van der Waals surface area contributed by atoms with Gasteiger partial charge in [0.05, 0.1) is 0 Å². The third-order valence-corrected chi connectivity index (χ3v) is 3.37. The van der Waals surface area contributed by atoms with Crippen LogP contribution in [0.3, 0.4) is 0 Å². The van der Waals surface area contributed by atoms with E-state index in [4.69, 9.17) is 0 Å². The summed E-state index contributed by atoms with van der Waals surface area (Å²) in [5.41, 5.74) is 3.00. The molecule has 0 aromatic heterocycles. The predicted molar refractivity (Wildman–Crippen MR) is 76.4 cm³/mol. The summed E-state index contributed by atoms with van der Waals surface area (Å²) >= 11 is 0. The van der Waals surface area contributed by atoms with Crippen molar-refractivity contribution in [1.29, 1.82) is 0 Å². The molecule has 0 nitrogen and oxygen atoms in total. The average Bonchev–Trinajstić information content (AvgIpc) is 2.37. The molecular formula is C17H27. The predicted octanol–water partition coefficient (Wildman–Crippen LogP) is 5.34. The summed E-state index contributed by atoms with van der Waals surface area (Å²) in [4.78, 5) is 0. The molecule has 0 heterocycles. The topological polar surface area (TPSA) is 0 Å². The minimum atomic E-state index is 1.23. The maximum absolute atomic E-state index is 3.44. The van der Waals surface area contributed by atoms with E-state index in [0.717, 1.165) is 0 Å². The molecule has 17 heavy (non-hydrogen) atoms. The van der Waals surface area contributed by atoms with Crippen LogP contribution in [-0.2, 0) is 12.8 Å². The summed E-state index contributed by atoms with van der Waals surface area (Å²) in [6.45, 7) is 4.53. The highest BCUT2D eigenvalue weighted by Crippen LogP contribution is 2.15. The maximum Gasteiger partial charge on any atom is -0.0146 e. The van der Waals surface area contributed by atoms with Crippen LogP contribution in [-0.4, -0.2) is 0 Å². The van der Waals surface area contributed by atoms with Gasteiger partial charge in [0.25, 0.3) is 0 Å². The number of unbranched alkanes of at least 4 members (excludes halogenated alkanes) is 5. The molecule has 95 valence electrons. The molecule has 0 aliphatic heterocycles. The molecular weight excluding hydrogens is 204 g/mol. The molecule has 0 amide bonds. The van der Waals surface area contributed by atoms with E-state index in [9.17, 15) is 0 Å². The summed E-state index contributed by atoms with van der Waals surface area (Å²) in [5.74, 6) is 0. The van der Waals surface area contributed by atoms with E-state index in [1.807, 2.05) is 0 Å². The molecule has 0 heteroatoms. The molecule has 0 bridgehead atoms. The largest absolute Gasteiger partial charge is 0.0654 e. The van der Waals surface area contributed by atoms with E-state index in [2.05, 4.69) is 38.1 Å². The summed E-state index contributed by atoms with van der Waals surface area (Å²) in [7, 11) is 0. The molecule has 1 rings (SSSR count). The minimum Gasteiger partial charge on any atom is -0.0654 e. The fraction of sp³-hybridized carbons (Fsp3) is 0.647. The Morgan fingerprint density at radius 3 is 2.41 bits per heavy atom. The second-order valence-corrected chi connectivity index (χ2v) is 4.94. The first-order chi connectivity index (χ1) is 8.38. The van der Waals surface area contributed by atoms with Crippen LogP contribution in [0.1, 0.15) is 69.9 Å². The van der Waals surface area contributed by atoms with Crippen LogP contribution >= 0.6 is 0 Å². The Bertz CT molecular complexity index is 288. The summed E-state index contributed by atoms with van der Waals surface area (Å²) in [6.07, 6.45) is 11.9. The van der Waals surface area contributed by atoms with Crippen molar-refractivity contribution in [1.82, 2.24) is 0 Å². The number of aryl methyl sites for hydroxylation is 2. The standard InChI is InChI=1S/C17H27/c1-3-5-7-8-9-13-17-15-11-10-14-16(17)12-6-4-2/h10-11,14H,3-9,12-13H2,1-2H3. The molecule has 0 atom stereocenters. The lowest BCUT2D eigenvalue weighted by atomic mass is 9.97. The van der Waals surface area contributed by atoms with Crippen molar-refractivity contribution in [3.05, 3.63) is 35.4 Å². The lowest BCUT2D eigenvalue weighted by molar-refractivity contribution is 0.629. The van der Waals surface area contributed by atoms with Gasteiger partial charge in [-0.3, -0.25) is 0 Å². The van der Waals surface area contributed by atoms with Crippen LogP contribution in [0.25, 0.3) is 0 Å². The van der Waals surface area contributed by atoms with Gasteiger partial charge in [-0.15, -0.1) is 0 Å². The van der Waals surface area contributed by atoms with Gasteiger partial charge in [0.2, 0.25) is 0 Å². The van der Waals surface area contributed by atoms with Gasteiger partial charge in [-0.1, -0.05) is 64.2 Å². The van der Waals surface area contributed by atoms with Crippen molar-refractivity contribution < 1.29 is 0 Å². The zero-order chi connectivity index (χ0) is 12.3. The highest BCUT2D eigenvalue weighted by atomic mass is 14.1. The van der Waals surface area contributed by atoms with E-state index >= 15 is 0 Å². The smallest absolute Gasteiger partial charge is 0.0146 e. The zero-order valence-corrected chi connectivity index (χ0v) is 11.6. The van der Waals surface area contributed by atoms with E-state index < -0.39 is 0 Å². The number of benzene rings is 1. The first-order valence-corrected chi connectivity index (χ1v) is 7.37. The van der Waals surface area contributed by atoms with E-state index in [-0.39, 0.29) is 0 Å². The third-order valence-electron chi connectivity index (χ3n) is 3.37. The van der Waals surface area contributed by atoms with Gasteiger partial charge in [-0.25, -0.2) is 0 Å². The molecule has 0 aliphatic rings. The normalized spacial score (nSPS) is 10.7. The van der Waals surface area contributed by atoms with E-state index in [0.29, 0.717) is 0 Å². The second-order valence-electron chi connectivity index (χ2n) is 4.94. The fourth-order valence-corrected chi connectivity index (χ4v) is 2.25. The minimum absolute atomic E-state index is 1.23. The third kappa shape index (κ3) is 5.91. The van der Waals surface area contributed by atoms with Gasteiger partial charge < -0.3 is 0 Å². The second kappa shape index (κ2) is 9.27. The SMILES string of the molecule is CCCCCCCc1[c]cccc1CCCC. The number of rotatable bonds is 9. The molecule has 0 spiro atoms. The van der Waals surface area contributed by atoms with E-state index in [1.165, 1.54) is 68.9 Å². The molecule has 1 aromatic rings. The van der Waals surface area contributed by atoms with Crippen LogP contribution in [0.2, 0.25) is 0 Å². The number of hydrogen-bond acceptors (Lipinski definition) is 0. The molecule has 0 saturated heterocycles. The van der Waals surface area contributed by atoms with Gasteiger partial charge in [-0.2, -0.15) is 0 Å². The van der Waals surface area contributed by atoms with Gasteiger partial charge in [0.15, 0.2) is 0 Å². The highest BCUT2D eigenvalue weighted by molar-refractivity contribution is 5.26. The molecule has 0 N–H and O–H groups in total. The quantitative estimate of drug-likeness (QED) is 0.503. The first-order valence-electron chi connectivity index (χ1n) is 7.37. The Morgan fingerprint density at radius 1 is 0.882 bits per heavy atom. The summed E-state index contributed by atoms with van der Waals surface area (Å²) in [5, 5.41) is 0. The van der Waals surface area contributed by atoms with Gasteiger partial charge in [0.1, 0.15) is 0 Å². The van der Waals surface area contributed by atoms with Gasteiger partial charge in [0, 0.05) is 0 Å². The van der Waals surface area contributed by atoms with E-state index in [1.54, 1.807) is 0 Å². The van der Waals surface area contributed by atoms with Crippen LogP contribution in [0, 0.1) is 6.07 Å². The summed E-state index contributed by atoms with van der Waals surface area (Å²) < 4.78 is 0. The first kappa shape index (κ1) is 14.3. The lowest BCUT2D eigenvalue weighted by Crippen LogP contribution is -1.95. The van der Waals surface area contributed by atoms with Crippen LogP contribution in [0.5, 0.6) is 0 Å². The fourth-order valence-electron chi connectivity index (χ4n) is 2.25. The van der Waals surface area contributed by atoms with Crippen LogP contribution in [0.15, 0.2) is 18.2 Å². The van der Waals surface area contributed by atoms with Crippen molar-refractivity contribution in [2.45, 2.75) is 71.6 Å². The van der Waals surface area contributed by atoms with Crippen molar-refractivity contribution in [3.8, 4) is 0 Å². The molecule has 0 aliphatic carbocycles. The monoisotopic (exact) mass is 231 g/mol. The van der Waals surface area contributed by atoms with Crippen molar-refractivity contribution in [2.75, 3.05) is 0 Å². The molecule has 1 aromatic carbocycles. The Balaban J connectivity index is 2.35. The van der Waals surface area contributed by atoms with Crippen molar-refractivity contribution in [3.63, 3.8) is 0 Å². The Labute approximate surface area is 107 Å². The molecule has 0 unspecified atom stereocenters. The highest BCUT2D eigenvalue weighted by Gasteiger charge is 2.01. The molecule has 0 fully saturated rings. The molecule has 1 radical (unpaired) electrons. The van der Waals surface area contributed by atoms with Crippen LogP contribution in [0.4, 0.5) is 0 Å².